The molecule has 1 unspecified atom stereocenters. The van der Waals surface area contributed by atoms with Crippen molar-refractivity contribution in [3.8, 4) is 17.3 Å². The van der Waals surface area contributed by atoms with E-state index in [1.54, 1.807) is 6.92 Å². The smallest absolute Gasteiger partial charge is 0.236 e. The number of nitrogens with zero attached hydrogens (tertiary/aromatic N) is 2. The normalized spacial score (nSPS) is 12.2. The van der Waals surface area contributed by atoms with Gasteiger partial charge >= 0.3 is 0 Å². The number of rotatable bonds is 8. The van der Waals surface area contributed by atoms with Crippen LogP contribution in [0.5, 0.6) is 5.88 Å². The summed E-state index contributed by atoms with van der Waals surface area (Å²) in [5, 5.41) is 9.46. The summed E-state index contributed by atoms with van der Waals surface area (Å²) >= 11 is 0. The Kier molecular flexibility index (Phi) is 5.83. The number of imidazole rings is 1. The average Bonchev–Trinajstić information content (AvgIpc) is 2.82. The van der Waals surface area contributed by atoms with Crippen LogP contribution in [0.4, 0.5) is 0 Å². The number of aromatic nitrogens is 2. The fourth-order valence-electron chi connectivity index (χ4n) is 2.18. The molecular weight excluding hydrogens is 278 g/mol. The molecule has 2 rings (SSSR count). The van der Waals surface area contributed by atoms with Gasteiger partial charge in [0.05, 0.1) is 6.10 Å². The topological polar surface area (TPSA) is 59.3 Å². The minimum atomic E-state index is -0.515. The third-order valence-corrected chi connectivity index (χ3v) is 3.29. The molecule has 5 heteroatoms. The first kappa shape index (κ1) is 16.4. The van der Waals surface area contributed by atoms with Crippen LogP contribution in [0, 0.1) is 6.92 Å². The van der Waals surface area contributed by atoms with Crippen LogP contribution in [0.3, 0.4) is 0 Å². The number of ether oxygens (including phenoxy) is 1. The van der Waals surface area contributed by atoms with Gasteiger partial charge in [-0.15, -0.1) is 0 Å². The summed E-state index contributed by atoms with van der Waals surface area (Å²) in [6.07, 6.45) is 1.67. The van der Waals surface area contributed by atoms with Gasteiger partial charge in [0, 0.05) is 12.1 Å². The Morgan fingerprint density at radius 1 is 1.32 bits per heavy atom. The molecule has 0 bridgehead atoms. The van der Waals surface area contributed by atoms with Crippen LogP contribution in [0.2, 0.25) is 0 Å². The molecule has 0 amide bonds. The molecule has 0 aliphatic carbocycles. The van der Waals surface area contributed by atoms with Crippen molar-refractivity contribution < 1.29 is 9.84 Å². The first-order chi connectivity index (χ1) is 10.6. The summed E-state index contributed by atoms with van der Waals surface area (Å²) in [5.74, 6) is 1.49. The van der Waals surface area contributed by atoms with Gasteiger partial charge in [-0.2, -0.15) is 0 Å². The van der Waals surface area contributed by atoms with Crippen molar-refractivity contribution in [2.45, 2.75) is 39.7 Å². The van der Waals surface area contributed by atoms with Crippen LogP contribution >= 0.6 is 0 Å². The number of hydrogen-bond donors (Lipinski definition) is 2. The molecule has 0 aliphatic rings. The molecule has 1 atom stereocenters. The summed E-state index contributed by atoms with van der Waals surface area (Å²) in [7, 11) is 0. The van der Waals surface area contributed by atoms with Gasteiger partial charge in [0.2, 0.25) is 5.88 Å². The van der Waals surface area contributed by atoms with E-state index in [1.165, 1.54) is 0 Å². The lowest BCUT2D eigenvalue weighted by Gasteiger charge is -2.15. The number of nitrogens with one attached hydrogen (secondary N) is 1. The molecule has 120 valence electrons. The predicted octanol–water partition coefficient (Wildman–Crippen LogP) is 2.96. The fourth-order valence-corrected chi connectivity index (χ4v) is 2.18. The van der Waals surface area contributed by atoms with Gasteiger partial charge in [-0.3, -0.25) is 0 Å². The van der Waals surface area contributed by atoms with Gasteiger partial charge in [0.15, 0.2) is 5.82 Å². The monoisotopic (exact) mass is 303 g/mol. The lowest BCUT2D eigenvalue weighted by atomic mass is 10.2. The highest BCUT2D eigenvalue weighted by Gasteiger charge is 2.17. The molecule has 0 saturated carbocycles. The number of unbranched alkanes of at least 4 members (excludes halogenated alkanes) is 1. The van der Waals surface area contributed by atoms with Gasteiger partial charge in [-0.1, -0.05) is 43.7 Å². The Morgan fingerprint density at radius 2 is 2.05 bits per heavy atom. The number of aryl methyl sites for hydroxylation is 1. The van der Waals surface area contributed by atoms with Crippen molar-refractivity contribution >= 4 is 0 Å². The number of hydrogen-bond acceptors (Lipinski definition) is 4. The molecule has 1 aromatic heterocycles. The number of aliphatic hydroxyl groups is 1. The maximum absolute atomic E-state index is 9.46. The summed E-state index contributed by atoms with van der Waals surface area (Å²) in [4.78, 5) is 4.63. The molecule has 2 aromatic rings. The third-order valence-electron chi connectivity index (χ3n) is 3.29. The Labute approximate surface area is 131 Å². The van der Waals surface area contributed by atoms with E-state index in [0.29, 0.717) is 5.88 Å². The highest BCUT2D eigenvalue weighted by Crippen LogP contribution is 2.26. The maximum atomic E-state index is 9.46. The summed E-state index contributed by atoms with van der Waals surface area (Å²) in [6, 6.07) is 10.0. The Balaban J connectivity index is 2.33. The summed E-state index contributed by atoms with van der Waals surface area (Å²) in [5.41, 5.74) is 5.21. The maximum Gasteiger partial charge on any atom is 0.236 e. The van der Waals surface area contributed by atoms with Crippen molar-refractivity contribution in [2.75, 3.05) is 18.6 Å². The third kappa shape index (κ3) is 4.01. The van der Waals surface area contributed by atoms with E-state index in [4.69, 9.17) is 4.74 Å². The van der Waals surface area contributed by atoms with Gasteiger partial charge in [0.1, 0.15) is 12.3 Å². The van der Waals surface area contributed by atoms with Gasteiger partial charge in [-0.05, 0) is 20.3 Å². The van der Waals surface area contributed by atoms with E-state index in [9.17, 15) is 5.11 Å². The zero-order chi connectivity index (χ0) is 15.9. The van der Waals surface area contributed by atoms with Crippen LogP contribution in [0.1, 0.15) is 32.4 Å². The highest BCUT2D eigenvalue weighted by atomic mass is 16.5. The predicted molar refractivity (Wildman–Crippen MR) is 88.7 cm³/mol. The van der Waals surface area contributed by atoms with Crippen molar-refractivity contribution in [3.63, 3.8) is 0 Å². The number of aliphatic hydroxyl groups excluding tert-OH is 1. The second kappa shape index (κ2) is 7.84. The minimum absolute atomic E-state index is 0.246. The van der Waals surface area contributed by atoms with E-state index in [-0.39, 0.29) is 6.61 Å². The Bertz CT molecular complexity index is 579. The van der Waals surface area contributed by atoms with Crippen LogP contribution in [-0.4, -0.2) is 34.0 Å². The van der Waals surface area contributed by atoms with E-state index in [0.717, 1.165) is 36.5 Å². The zero-order valence-electron chi connectivity index (χ0n) is 13.5. The first-order valence-corrected chi connectivity index (χ1v) is 7.83. The summed E-state index contributed by atoms with van der Waals surface area (Å²) < 4.78 is 7.64. The molecule has 0 saturated heterocycles. The Hall–Kier alpha value is -2.01. The van der Waals surface area contributed by atoms with Crippen molar-refractivity contribution in [1.29, 1.82) is 0 Å². The van der Waals surface area contributed by atoms with Gasteiger partial charge in [-0.25, -0.2) is 9.66 Å². The average molecular weight is 303 g/mol. The SMILES string of the molecule is CCCCNn1c(-c2ccccc2)nc(C)c1OCC(C)O. The van der Waals surface area contributed by atoms with Crippen LogP contribution in [-0.2, 0) is 0 Å². The molecule has 1 heterocycles. The molecule has 2 N–H and O–H groups in total. The van der Waals surface area contributed by atoms with E-state index in [2.05, 4.69) is 17.3 Å². The lowest BCUT2D eigenvalue weighted by molar-refractivity contribution is 0.117. The molecule has 1 aromatic carbocycles. The quantitative estimate of drug-likeness (QED) is 0.736. The van der Waals surface area contributed by atoms with Crippen molar-refractivity contribution in [1.82, 2.24) is 9.66 Å². The number of benzene rings is 1. The molecule has 0 spiro atoms. The van der Waals surface area contributed by atoms with E-state index in [1.807, 2.05) is 41.9 Å². The van der Waals surface area contributed by atoms with Crippen LogP contribution in [0.15, 0.2) is 30.3 Å². The van der Waals surface area contributed by atoms with Crippen molar-refractivity contribution in [2.24, 2.45) is 0 Å². The van der Waals surface area contributed by atoms with Gasteiger partial charge < -0.3 is 15.3 Å². The van der Waals surface area contributed by atoms with Crippen LogP contribution < -0.4 is 10.2 Å². The van der Waals surface area contributed by atoms with Crippen molar-refractivity contribution in [3.05, 3.63) is 36.0 Å². The highest BCUT2D eigenvalue weighted by molar-refractivity contribution is 5.58. The molecule has 22 heavy (non-hydrogen) atoms. The molecule has 5 nitrogen and oxygen atoms in total. The Morgan fingerprint density at radius 3 is 2.68 bits per heavy atom. The first-order valence-electron chi connectivity index (χ1n) is 7.83. The largest absolute Gasteiger partial charge is 0.474 e. The molecule has 0 fully saturated rings. The molecule has 0 aliphatic heterocycles. The molecule has 0 radical (unpaired) electrons. The molecular formula is C17H25N3O2. The zero-order valence-corrected chi connectivity index (χ0v) is 13.5. The van der Waals surface area contributed by atoms with E-state index >= 15 is 0 Å². The standard InChI is InChI=1S/C17H25N3O2/c1-4-5-11-18-20-16(15-9-7-6-8-10-15)19-14(3)17(20)22-12-13(2)21/h6-10,13,18,21H,4-5,11-12H2,1-3H3. The lowest BCUT2D eigenvalue weighted by Crippen LogP contribution is -2.21. The van der Waals surface area contributed by atoms with Crippen LogP contribution in [0.25, 0.3) is 11.4 Å². The van der Waals surface area contributed by atoms with Gasteiger partial charge in [0.25, 0.3) is 0 Å². The second-order valence-electron chi connectivity index (χ2n) is 5.45. The summed E-state index contributed by atoms with van der Waals surface area (Å²) in [6.45, 7) is 6.87. The second-order valence-corrected chi connectivity index (χ2v) is 5.45. The minimum Gasteiger partial charge on any atom is -0.474 e. The van der Waals surface area contributed by atoms with E-state index < -0.39 is 6.10 Å². The fraction of sp³-hybridized carbons (Fsp3) is 0.471.